The second-order valence-electron chi connectivity index (χ2n) is 8.62. The Balaban J connectivity index is 1.92. The zero-order chi connectivity index (χ0) is 20.3. The maximum atomic E-state index is 11.6. The molecular formula is C23H30N4O. The lowest BCUT2D eigenvalue weighted by atomic mass is 9.85. The Bertz CT molecular complexity index is 954. The predicted octanol–water partition coefficient (Wildman–Crippen LogP) is 4.10. The Morgan fingerprint density at radius 2 is 1.96 bits per heavy atom. The van der Waals surface area contributed by atoms with Crippen molar-refractivity contribution in [3.8, 4) is 0 Å². The van der Waals surface area contributed by atoms with Gasteiger partial charge in [-0.1, -0.05) is 45.0 Å². The zero-order valence-corrected chi connectivity index (χ0v) is 17.2. The summed E-state index contributed by atoms with van der Waals surface area (Å²) in [6, 6.07) is 12.5. The fourth-order valence-corrected chi connectivity index (χ4v) is 3.81. The number of nitrogens with two attached hydrogens (primary N) is 1. The summed E-state index contributed by atoms with van der Waals surface area (Å²) >= 11 is 0. The standard InChI is InChI=1S/C23H30N4O/c1-16-19(18-9-5-6-10-21(18)27(16)15-22(24)28)14-26-20(12-23(2,3)4)17-8-7-11-25-13-17/h5-11,13,20,26H,12,14-15H2,1-4H3,(H2,24,28)/t20-/m1/s1. The molecule has 28 heavy (non-hydrogen) atoms. The molecule has 1 atom stereocenters. The molecule has 0 bridgehead atoms. The number of fused-ring (bicyclic) bond motifs is 1. The number of amides is 1. The van der Waals surface area contributed by atoms with Gasteiger partial charge in [-0.15, -0.1) is 0 Å². The van der Waals surface area contributed by atoms with Gasteiger partial charge in [0.2, 0.25) is 5.91 Å². The van der Waals surface area contributed by atoms with Crippen molar-refractivity contribution < 1.29 is 4.79 Å². The third-order valence-corrected chi connectivity index (χ3v) is 5.10. The Kier molecular flexibility index (Phi) is 5.84. The van der Waals surface area contributed by atoms with Crippen LogP contribution in [-0.4, -0.2) is 15.5 Å². The van der Waals surface area contributed by atoms with Crippen LogP contribution in [0.4, 0.5) is 0 Å². The molecule has 0 spiro atoms. The highest BCUT2D eigenvalue weighted by atomic mass is 16.1. The summed E-state index contributed by atoms with van der Waals surface area (Å²) in [5.41, 5.74) is 10.2. The molecule has 3 rings (SSSR count). The van der Waals surface area contributed by atoms with Crippen molar-refractivity contribution in [1.82, 2.24) is 14.9 Å². The fourth-order valence-electron chi connectivity index (χ4n) is 3.81. The van der Waals surface area contributed by atoms with Crippen LogP contribution in [0.5, 0.6) is 0 Å². The topological polar surface area (TPSA) is 72.9 Å². The van der Waals surface area contributed by atoms with Gasteiger partial charge in [0, 0.05) is 41.6 Å². The van der Waals surface area contributed by atoms with Crippen LogP contribution in [0.1, 0.15) is 50.1 Å². The zero-order valence-electron chi connectivity index (χ0n) is 17.2. The van der Waals surface area contributed by atoms with Crippen molar-refractivity contribution in [1.29, 1.82) is 0 Å². The van der Waals surface area contributed by atoms with E-state index >= 15 is 0 Å². The molecule has 0 unspecified atom stereocenters. The summed E-state index contributed by atoms with van der Waals surface area (Å²) in [6.07, 6.45) is 4.74. The lowest BCUT2D eigenvalue weighted by Gasteiger charge is -2.27. The van der Waals surface area contributed by atoms with Crippen molar-refractivity contribution >= 4 is 16.8 Å². The molecule has 3 N–H and O–H groups in total. The number of pyridine rings is 1. The summed E-state index contributed by atoms with van der Waals surface area (Å²) in [4.78, 5) is 15.9. The Morgan fingerprint density at radius 3 is 2.61 bits per heavy atom. The SMILES string of the molecule is Cc1c(CN[C@H](CC(C)(C)C)c2cccnc2)c2ccccc2n1CC(N)=O. The number of aromatic nitrogens is 2. The maximum Gasteiger partial charge on any atom is 0.237 e. The second kappa shape index (κ2) is 8.15. The molecule has 0 aliphatic heterocycles. The minimum atomic E-state index is -0.329. The third kappa shape index (κ3) is 4.60. The number of hydrogen-bond acceptors (Lipinski definition) is 3. The summed E-state index contributed by atoms with van der Waals surface area (Å²) in [7, 11) is 0. The molecule has 1 aromatic carbocycles. The average Bonchev–Trinajstić information content (AvgIpc) is 2.90. The minimum Gasteiger partial charge on any atom is -0.368 e. The number of benzene rings is 1. The smallest absolute Gasteiger partial charge is 0.237 e. The van der Waals surface area contributed by atoms with Gasteiger partial charge in [-0.05, 0) is 42.0 Å². The van der Waals surface area contributed by atoms with Gasteiger partial charge in [0.15, 0.2) is 0 Å². The quantitative estimate of drug-likeness (QED) is 0.650. The highest BCUT2D eigenvalue weighted by molar-refractivity contribution is 5.87. The van der Waals surface area contributed by atoms with E-state index in [0.29, 0.717) is 6.54 Å². The number of primary amides is 1. The highest BCUT2D eigenvalue weighted by Gasteiger charge is 2.22. The van der Waals surface area contributed by atoms with Crippen LogP contribution in [0, 0.1) is 12.3 Å². The molecule has 0 saturated heterocycles. The molecule has 0 saturated carbocycles. The van der Waals surface area contributed by atoms with E-state index < -0.39 is 0 Å². The summed E-state index contributed by atoms with van der Waals surface area (Å²) in [6.45, 7) is 9.73. The average molecular weight is 379 g/mol. The minimum absolute atomic E-state index is 0.183. The molecule has 2 heterocycles. The van der Waals surface area contributed by atoms with E-state index in [0.717, 1.165) is 23.0 Å². The molecule has 0 fully saturated rings. The number of rotatable bonds is 7. The van der Waals surface area contributed by atoms with Gasteiger partial charge in [0.1, 0.15) is 6.54 Å². The van der Waals surface area contributed by atoms with Crippen molar-refractivity contribution in [2.75, 3.05) is 0 Å². The molecule has 0 aliphatic carbocycles. The molecular weight excluding hydrogens is 348 g/mol. The summed E-state index contributed by atoms with van der Waals surface area (Å²) in [5, 5.41) is 4.90. The first-order valence-corrected chi connectivity index (χ1v) is 9.74. The first-order valence-electron chi connectivity index (χ1n) is 9.74. The molecule has 0 radical (unpaired) electrons. The lowest BCUT2D eigenvalue weighted by Crippen LogP contribution is -2.26. The number of para-hydroxylation sites is 1. The second-order valence-corrected chi connectivity index (χ2v) is 8.62. The maximum absolute atomic E-state index is 11.6. The molecule has 148 valence electrons. The summed E-state index contributed by atoms with van der Waals surface area (Å²) < 4.78 is 2.01. The van der Waals surface area contributed by atoms with Gasteiger partial charge in [-0.25, -0.2) is 0 Å². The normalized spacial score (nSPS) is 13.0. The van der Waals surface area contributed by atoms with Crippen molar-refractivity contribution in [2.24, 2.45) is 11.1 Å². The molecule has 5 heteroatoms. The predicted molar refractivity (Wildman–Crippen MR) is 114 cm³/mol. The van der Waals surface area contributed by atoms with Crippen LogP contribution in [0.25, 0.3) is 10.9 Å². The van der Waals surface area contributed by atoms with Gasteiger partial charge < -0.3 is 15.6 Å². The molecule has 2 aromatic heterocycles. The van der Waals surface area contributed by atoms with Crippen LogP contribution in [0.3, 0.4) is 0 Å². The Morgan fingerprint density at radius 1 is 1.21 bits per heavy atom. The van der Waals surface area contributed by atoms with Crippen LogP contribution in [0.2, 0.25) is 0 Å². The molecule has 5 nitrogen and oxygen atoms in total. The van der Waals surface area contributed by atoms with Gasteiger partial charge in [-0.3, -0.25) is 9.78 Å². The summed E-state index contributed by atoms with van der Waals surface area (Å²) in [5.74, 6) is -0.329. The number of nitrogens with zero attached hydrogens (tertiary/aromatic N) is 2. The Labute approximate surface area is 167 Å². The van der Waals surface area contributed by atoms with Gasteiger partial charge >= 0.3 is 0 Å². The monoisotopic (exact) mass is 378 g/mol. The van der Waals surface area contributed by atoms with Crippen molar-refractivity contribution in [3.63, 3.8) is 0 Å². The highest BCUT2D eigenvalue weighted by Crippen LogP contribution is 2.31. The van der Waals surface area contributed by atoms with E-state index in [9.17, 15) is 4.79 Å². The van der Waals surface area contributed by atoms with Crippen LogP contribution in [-0.2, 0) is 17.9 Å². The van der Waals surface area contributed by atoms with E-state index in [2.05, 4.69) is 50.1 Å². The number of nitrogens with one attached hydrogen (secondary N) is 1. The van der Waals surface area contributed by atoms with Crippen LogP contribution < -0.4 is 11.1 Å². The van der Waals surface area contributed by atoms with Gasteiger partial charge in [0.05, 0.1) is 0 Å². The van der Waals surface area contributed by atoms with Crippen molar-refractivity contribution in [2.45, 2.75) is 53.2 Å². The lowest BCUT2D eigenvalue weighted by molar-refractivity contribution is -0.118. The van der Waals surface area contributed by atoms with E-state index in [1.807, 2.05) is 35.0 Å². The Hall–Kier alpha value is -2.66. The number of hydrogen-bond donors (Lipinski definition) is 2. The van der Waals surface area contributed by atoms with Gasteiger partial charge in [-0.2, -0.15) is 0 Å². The first kappa shape index (κ1) is 20.1. The largest absolute Gasteiger partial charge is 0.368 e. The molecule has 3 aromatic rings. The fraction of sp³-hybridized carbons (Fsp3) is 0.391. The van der Waals surface area contributed by atoms with E-state index in [1.54, 1.807) is 6.20 Å². The molecule has 0 aliphatic rings. The van der Waals surface area contributed by atoms with E-state index in [-0.39, 0.29) is 23.9 Å². The third-order valence-electron chi connectivity index (χ3n) is 5.10. The van der Waals surface area contributed by atoms with E-state index in [4.69, 9.17) is 5.73 Å². The van der Waals surface area contributed by atoms with Crippen LogP contribution >= 0.6 is 0 Å². The number of carbonyl (C=O) groups excluding carboxylic acids is 1. The van der Waals surface area contributed by atoms with E-state index in [1.165, 1.54) is 11.1 Å². The first-order chi connectivity index (χ1) is 13.3. The van der Waals surface area contributed by atoms with Crippen molar-refractivity contribution in [3.05, 3.63) is 65.6 Å². The molecule has 1 amide bonds. The van der Waals surface area contributed by atoms with Gasteiger partial charge in [0.25, 0.3) is 0 Å². The van der Waals surface area contributed by atoms with Crippen LogP contribution in [0.15, 0.2) is 48.8 Å². The number of carbonyl (C=O) groups is 1.